The van der Waals surface area contributed by atoms with Gasteiger partial charge in [-0.3, -0.25) is 10.1 Å². The third-order valence-corrected chi connectivity index (χ3v) is 6.04. The van der Waals surface area contributed by atoms with Crippen LogP contribution in [0.4, 0.5) is 0 Å². The maximum Gasteiger partial charge on any atom is 0.321 e. The number of nitrogens with one attached hydrogen (secondary N) is 1. The van der Waals surface area contributed by atoms with Gasteiger partial charge in [0.05, 0.1) is 6.07 Å². The molecule has 6 heteroatoms. The lowest BCUT2D eigenvalue weighted by Crippen LogP contribution is -2.44. The fourth-order valence-electron chi connectivity index (χ4n) is 4.44. The molecule has 0 unspecified atom stereocenters. The molecule has 0 aromatic heterocycles. The fraction of sp³-hybridized carbons (Fsp3) is 0.391. The Balaban J connectivity index is 2.28. The SMILES string of the molecule is CC(C)(C)C[C@@H]1N[C@H](C(=O)O)[C@@H](c2cccc(Cl)c2)[C@]1(C#N)c1ccc(Cl)cc1. The van der Waals surface area contributed by atoms with E-state index in [4.69, 9.17) is 23.2 Å². The largest absolute Gasteiger partial charge is 0.480 e. The summed E-state index contributed by atoms with van der Waals surface area (Å²) in [4.78, 5) is 12.2. The Hall–Kier alpha value is -2.06. The number of nitriles is 1. The summed E-state index contributed by atoms with van der Waals surface area (Å²) in [7, 11) is 0. The number of carboxylic acid groups (broad SMARTS) is 1. The lowest BCUT2D eigenvalue weighted by atomic mass is 9.63. The van der Waals surface area contributed by atoms with Gasteiger partial charge >= 0.3 is 5.97 Å². The van der Waals surface area contributed by atoms with E-state index in [1.807, 2.05) is 18.2 Å². The van der Waals surface area contributed by atoms with Gasteiger partial charge in [0.1, 0.15) is 11.5 Å². The van der Waals surface area contributed by atoms with Crippen molar-refractivity contribution in [2.45, 2.75) is 50.6 Å². The summed E-state index contributed by atoms with van der Waals surface area (Å²) in [6.07, 6.45) is 0.629. The van der Waals surface area contributed by atoms with E-state index in [0.717, 1.165) is 11.1 Å². The summed E-state index contributed by atoms with van der Waals surface area (Å²) in [6.45, 7) is 6.25. The van der Waals surface area contributed by atoms with Gasteiger partial charge in [-0.05, 0) is 47.2 Å². The minimum atomic E-state index is -1.09. The Morgan fingerprint density at radius 1 is 1.17 bits per heavy atom. The second-order valence-electron chi connectivity index (χ2n) is 8.82. The average molecular weight is 431 g/mol. The van der Waals surface area contributed by atoms with Crippen LogP contribution in [0.1, 0.15) is 44.2 Å². The van der Waals surface area contributed by atoms with Gasteiger partial charge in [0.15, 0.2) is 0 Å². The molecule has 1 heterocycles. The standard InChI is InChI=1S/C23H24Cl2N2O2/c1-22(2,3)12-18-23(13-26,15-7-9-16(24)10-8-15)19(20(27-18)21(28)29)14-5-4-6-17(25)11-14/h4-11,18-20,27H,12H2,1-3H3,(H,28,29)/t18-,19+,20-,23+/m0/s1. The third-order valence-electron chi connectivity index (χ3n) is 5.55. The normalized spacial score (nSPS) is 26.8. The molecule has 1 aliphatic rings. The first-order valence-electron chi connectivity index (χ1n) is 9.50. The maximum atomic E-state index is 12.2. The monoisotopic (exact) mass is 430 g/mol. The molecule has 2 aromatic rings. The van der Waals surface area contributed by atoms with E-state index in [2.05, 4.69) is 32.2 Å². The first-order chi connectivity index (χ1) is 13.6. The lowest BCUT2D eigenvalue weighted by molar-refractivity contribution is -0.139. The molecule has 4 atom stereocenters. The third kappa shape index (κ3) is 4.14. The molecule has 0 aliphatic carbocycles. The highest BCUT2D eigenvalue weighted by Crippen LogP contribution is 2.51. The van der Waals surface area contributed by atoms with E-state index in [1.165, 1.54) is 0 Å². The van der Waals surface area contributed by atoms with Crippen molar-refractivity contribution in [2.24, 2.45) is 5.41 Å². The molecule has 2 N–H and O–H groups in total. The zero-order valence-corrected chi connectivity index (χ0v) is 18.1. The van der Waals surface area contributed by atoms with Crippen molar-refractivity contribution in [3.8, 4) is 6.07 Å². The Bertz CT molecular complexity index is 947. The number of aliphatic carboxylic acids is 1. The van der Waals surface area contributed by atoms with Crippen molar-refractivity contribution in [1.29, 1.82) is 5.26 Å². The highest BCUT2D eigenvalue weighted by Gasteiger charge is 2.59. The molecular weight excluding hydrogens is 407 g/mol. The number of rotatable bonds is 4. The summed E-state index contributed by atoms with van der Waals surface area (Å²) < 4.78 is 0. The quantitative estimate of drug-likeness (QED) is 0.680. The van der Waals surface area contributed by atoms with E-state index in [9.17, 15) is 15.2 Å². The predicted octanol–water partition coefficient (Wildman–Crippen LogP) is 5.40. The van der Waals surface area contributed by atoms with Gasteiger partial charge < -0.3 is 5.11 Å². The Morgan fingerprint density at radius 2 is 1.83 bits per heavy atom. The van der Waals surface area contributed by atoms with Crippen LogP contribution in [-0.4, -0.2) is 23.2 Å². The van der Waals surface area contributed by atoms with Gasteiger partial charge in [-0.2, -0.15) is 5.26 Å². The summed E-state index contributed by atoms with van der Waals surface area (Å²) in [6, 6.07) is 15.5. The zero-order chi connectivity index (χ0) is 21.4. The molecule has 1 saturated heterocycles. The molecule has 4 nitrogen and oxygen atoms in total. The molecule has 0 radical (unpaired) electrons. The molecule has 2 aromatic carbocycles. The average Bonchev–Trinajstić information content (AvgIpc) is 2.96. The minimum absolute atomic E-state index is 0.113. The van der Waals surface area contributed by atoms with Crippen LogP contribution in [-0.2, 0) is 10.2 Å². The van der Waals surface area contributed by atoms with E-state index < -0.39 is 23.3 Å². The second kappa shape index (κ2) is 7.99. The maximum absolute atomic E-state index is 12.2. The van der Waals surface area contributed by atoms with Crippen LogP contribution in [0.5, 0.6) is 0 Å². The minimum Gasteiger partial charge on any atom is -0.480 e. The van der Waals surface area contributed by atoms with Gasteiger partial charge in [0.2, 0.25) is 0 Å². The Morgan fingerprint density at radius 3 is 2.34 bits per heavy atom. The van der Waals surface area contributed by atoms with Crippen LogP contribution in [0.3, 0.4) is 0 Å². The van der Waals surface area contributed by atoms with Crippen LogP contribution in [0.2, 0.25) is 10.0 Å². The highest BCUT2D eigenvalue weighted by molar-refractivity contribution is 6.30. The zero-order valence-electron chi connectivity index (χ0n) is 16.6. The molecule has 1 aliphatic heterocycles. The molecule has 3 rings (SSSR count). The first kappa shape index (κ1) is 21.6. The molecule has 0 bridgehead atoms. The smallest absolute Gasteiger partial charge is 0.321 e. The molecule has 0 saturated carbocycles. The Kier molecular flexibility index (Phi) is 5.96. The number of carbonyl (C=O) groups is 1. The summed E-state index contributed by atoms with van der Waals surface area (Å²) in [5, 5.41) is 24.9. The molecular formula is C23H24Cl2N2O2. The number of benzene rings is 2. The van der Waals surface area contributed by atoms with E-state index in [0.29, 0.717) is 16.5 Å². The van der Waals surface area contributed by atoms with Crippen LogP contribution in [0.25, 0.3) is 0 Å². The molecule has 0 amide bonds. The van der Waals surface area contributed by atoms with Crippen LogP contribution < -0.4 is 5.32 Å². The van der Waals surface area contributed by atoms with E-state index in [-0.39, 0.29) is 11.5 Å². The lowest BCUT2D eigenvalue weighted by Gasteiger charge is -2.37. The summed E-state index contributed by atoms with van der Waals surface area (Å²) in [5.74, 6) is -1.60. The summed E-state index contributed by atoms with van der Waals surface area (Å²) >= 11 is 12.3. The summed E-state index contributed by atoms with van der Waals surface area (Å²) in [5.41, 5.74) is 0.273. The molecule has 0 spiro atoms. The number of hydrogen-bond acceptors (Lipinski definition) is 3. The van der Waals surface area contributed by atoms with Crippen LogP contribution in [0, 0.1) is 16.7 Å². The van der Waals surface area contributed by atoms with Gasteiger partial charge in [0.25, 0.3) is 0 Å². The fourth-order valence-corrected chi connectivity index (χ4v) is 4.77. The van der Waals surface area contributed by atoms with Crippen molar-refractivity contribution in [1.82, 2.24) is 5.32 Å². The van der Waals surface area contributed by atoms with E-state index in [1.54, 1.807) is 30.3 Å². The van der Waals surface area contributed by atoms with Crippen molar-refractivity contribution in [2.75, 3.05) is 0 Å². The number of nitrogens with zero attached hydrogens (tertiary/aromatic N) is 1. The van der Waals surface area contributed by atoms with Gasteiger partial charge in [-0.1, -0.05) is 68.2 Å². The van der Waals surface area contributed by atoms with Crippen LogP contribution >= 0.6 is 23.2 Å². The number of carboxylic acids is 1. The number of halogens is 2. The molecule has 29 heavy (non-hydrogen) atoms. The first-order valence-corrected chi connectivity index (χ1v) is 10.3. The number of hydrogen-bond donors (Lipinski definition) is 2. The van der Waals surface area contributed by atoms with Crippen molar-refractivity contribution >= 4 is 29.2 Å². The highest BCUT2D eigenvalue weighted by atomic mass is 35.5. The van der Waals surface area contributed by atoms with Gasteiger partial charge in [-0.15, -0.1) is 0 Å². The van der Waals surface area contributed by atoms with Gasteiger partial charge in [-0.25, -0.2) is 0 Å². The van der Waals surface area contributed by atoms with Crippen molar-refractivity contribution in [3.05, 3.63) is 69.7 Å². The molecule has 152 valence electrons. The Labute approximate surface area is 181 Å². The van der Waals surface area contributed by atoms with Crippen LogP contribution in [0.15, 0.2) is 48.5 Å². The molecule has 1 fully saturated rings. The van der Waals surface area contributed by atoms with Gasteiger partial charge in [0, 0.05) is 22.0 Å². The van der Waals surface area contributed by atoms with Crippen molar-refractivity contribution < 1.29 is 9.90 Å². The second-order valence-corrected chi connectivity index (χ2v) is 9.69. The van der Waals surface area contributed by atoms with E-state index >= 15 is 0 Å². The van der Waals surface area contributed by atoms with Crippen molar-refractivity contribution in [3.63, 3.8) is 0 Å². The predicted molar refractivity (Wildman–Crippen MR) is 115 cm³/mol. The topological polar surface area (TPSA) is 73.1 Å².